The molecule has 4 N–H and O–H groups in total. The van der Waals surface area contributed by atoms with Crippen LogP contribution in [0.15, 0.2) is 84.9 Å². The molecule has 59 heavy (non-hydrogen) atoms. The van der Waals surface area contributed by atoms with E-state index in [0.29, 0.717) is 42.1 Å². The Kier molecular flexibility index (Phi) is 10.3. The molecule has 0 spiro atoms. The third-order valence-electron chi connectivity index (χ3n) is 11.8. The van der Waals surface area contributed by atoms with Crippen LogP contribution in [-0.2, 0) is 19.8 Å². The number of fused-ring (bicyclic) bond motifs is 3. The van der Waals surface area contributed by atoms with Crippen LogP contribution in [-0.4, -0.2) is 103 Å². The minimum Gasteiger partial charge on any atom is -0.339 e. The molecule has 3 saturated heterocycles. The zero-order valence-corrected chi connectivity index (χ0v) is 32.7. The summed E-state index contributed by atoms with van der Waals surface area (Å²) in [5.41, 5.74) is -2.84. The van der Waals surface area contributed by atoms with E-state index in [1.54, 1.807) is 4.90 Å². The first-order valence-corrected chi connectivity index (χ1v) is 20.8. The number of nitrogens with zero attached hydrogens (tertiary/aromatic N) is 5. The van der Waals surface area contributed by atoms with Gasteiger partial charge in [0.2, 0.25) is 11.8 Å². The number of aromatic amines is 1. The third-order valence-corrected chi connectivity index (χ3v) is 12.8. The number of aromatic nitrogens is 2. The van der Waals surface area contributed by atoms with E-state index in [1.807, 2.05) is 55.5 Å². The van der Waals surface area contributed by atoms with E-state index in [-0.39, 0.29) is 48.1 Å². The number of rotatable bonds is 7. The van der Waals surface area contributed by atoms with E-state index in [4.69, 9.17) is 0 Å². The SMILES string of the molecule is Cc1ccc2[nH]nc(C(=O)N3CC[C@H]4CC[C@@H](C(=O)N5C[C@H](c6ccccc6)[C@@H](C#N)C5)N4C(=O)[C@@H](NC(=O)c4ccc5ccc(C(F)(F)P(=O)(O)O)cc5c4)C3)c2c1. The molecule has 3 aliphatic rings. The largest absolute Gasteiger partial charge is 0.399 e. The first-order chi connectivity index (χ1) is 28.1. The second-order valence-corrected chi connectivity index (χ2v) is 17.2. The van der Waals surface area contributed by atoms with Crippen molar-refractivity contribution in [2.75, 3.05) is 26.2 Å². The van der Waals surface area contributed by atoms with Crippen LogP contribution in [0.3, 0.4) is 0 Å². The van der Waals surface area contributed by atoms with Gasteiger partial charge in [0.15, 0.2) is 5.69 Å². The van der Waals surface area contributed by atoms with Gasteiger partial charge >= 0.3 is 13.3 Å². The molecule has 0 saturated carbocycles. The van der Waals surface area contributed by atoms with Gasteiger partial charge in [0, 0.05) is 48.1 Å². The average molecular weight is 824 g/mol. The van der Waals surface area contributed by atoms with E-state index in [1.165, 1.54) is 34.1 Å². The van der Waals surface area contributed by atoms with Gasteiger partial charge in [-0.15, -0.1) is 0 Å². The highest BCUT2D eigenvalue weighted by Gasteiger charge is 2.51. The number of hydrogen-bond acceptors (Lipinski definition) is 7. The van der Waals surface area contributed by atoms with Crippen LogP contribution in [0.25, 0.3) is 21.7 Å². The number of carbonyl (C=O) groups is 4. The maximum absolute atomic E-state index is 14.8. The number of amides is 4. The molecule has 0 aliphatic carbocycles. The summed E-state index contributed by atoms with van der Waals surface area (Å²) in [6.45, 7) is 2.27. The van der Waals surface area contributed by atoms with Crippen molar-refractivity contribution < 1.29 is 42.3 Å². The van der Waals surface area contributed by atoms with Gasteiger partial charge in [-0.2, -0.15) is 19.1 Å². The topological polar surface area (TPSA) is 200 Å². The zero-order valence-electron chi connectivity index (χ0n) is 31.8. The smallest absolute Gasteiger partial charge is 0.339 e. The number of nitrogens with one attached hydrogen (secondary N) is 2. The number of hydrogen-bond donors (Lipinski definition) is 4. The van der Waals surface area contributed by atoms with Crippen LogP contribution in [0.2, 0.25) is 0 Å². The average Bonchev–Trinajstić information content (AvgIpc) is 3.97. The maximum atomic E-state index is 14.8. The second-order valence-electron chi connectivity index (χ2n) is 15.5. The molecule has 8 rings (SSSR count). The van der Waals surface area contributed by atoms with Gasteiger partial charge < -0.3 is 29.8 Å². The summed E-state index contributed by atoms with van der Waals surface area (Å²) in [5.74, 6) is -2.79. The number of carbonyl (C=O) groups excluding carboxylic acids is 4. The quantitative estimate of drug-likeness (QED) is 0.163. The standard InChI is InChI=1S/C42H40F2N7O7P/c1-24-7-13-34-32(17-24)37(48-47-34)41(55)49-16-15-31-12-14-36(40(54)50-21-29(20-45)33(22-50)26-5-3-2-4-6-26)51(31)39(53)35(23-49)46-38(52)27-9-8-25-10-11-30(19-28(25)18-27)42(43,44)59(56,57)58/h2-11,13,17-19,29,31,33,35-36H,12,14-16,21-23H2,1H3,(H,46,52)(H,47,48)(H2,56,57,58)/t29-,31+,33+,35-,36-/m0/s1. The van der Waals surface area contributed by atoms with Crippen molar-refractivity contribution in [2.24, 2.45) is 5.92 Å². The summed E-state index contributed by atoms with van der Waals surface area (Å²) in [5, 5.41) is 21.0. The number of likely N-dealkylation sites (tertiary alicyclic amines) is 1. The first kappa shape index (κ1) is 39.8. The molecule has 3 aliphatic heterocycles. The van der Waals surface area contributed by atoms with Crippen LogP contribution in [0.4, 0.5) is 8.78 Å². The van der Waals surface area contributed by atoms with Gasteiger partial charge in [0.25, 0.3) is 11.8 Å². The number of H-pyrrole nitrogens is 1. The fourth-order valence-electron chi connectivity index (χ4n) is 8.70. The summed E-state index contributed by atoms with van der Waals surface area (Å²) >= 11 is 0. The Balaban J connectivity index is 1.10. The van der Waals surface area contributed by atoms with Gasteiger partial charge in [0.05, 0.1) is 24.0 Å². The molecule has 5 aromatic rings. The molecule has 0 unspecified atom stereocenters. The highest BCUT2D eigenvalue weighted by atomic mass is 31.2. The van der Waals surface area contributed by atoms with Crippen LogP contribution in [0.5, 0.6) is 0 Å². The van der Waals surface area contributed by atoms with Crippen molar-refractivity contribution in [3.63, 3.8) is 0 Å². The lowest BCUT2D eigenvalue weighted by Gasteiger charge is -2.39. The highest BCUT2D eigenvalue weighted by molar-refractivity contribution is 7.52. The predicted octanol–water partition coefficient (Wildman–Crippen LogP) is 5.02. The molecular weight excluding hydrogens is 783 g/mol. The monoisotopic (exact) mass is 823 g/mol. The molecule has 0 bridgehead atoms. The third kappa shape index (κ3) is 7.35. The predicted molar refractivity (Wildman–Crippen MR) is 211 cm³/mol. The minimum atomic E-state index is -5.87. The Morgan fingerprint density at radius 3 is 2.44 bits per heavy atom. The van der Waals surface area contributed by atoms with E-state index in [0.717, 1.165) is 23.3 Å². The van der Waals surface area contributed by atoms with Gasteiger partial charge in [-0.1, -0.05) is 60.2 Å². The minimum absolute atomic E-state index is 0.0483. The van der Waals surface area contributed by atoms with Crippen molar-refractivity contribution in [3.8, 4) is 6.07 Å². The summed E-state index contributed by atoms with van der Waals surface area (Å²) in [6.07, 6.45) is 1.14. The first-order valence-electron chi connectivity index (χ1n) is 19.2. The van der Waals surface area contributed by atoms with Gasteiger partial charge in [-0.3, -0.25) is 28.8 Å². The normalized spacial score (nSPS) is 22.5. The van der Waals surface area contributed by atoms with Crippen LogP contribution in [0, 0.1) is 24.2 Å². The molecule has 0 radical (unpaired) electrons. The van der Waals surface area contributed by atoms with Crippen LogP contribution < -0.4 is 5.32 Å². The Labute approximate surface area is 336 Å². The molecule has 3 fully saturated rings. The summed E-state index contributed by atoms with van der Waals surface area (Å²) in [6, 6.07) is 21.9. The van der Waals surface area contributed by atoms with E-state index < -0.39 is 60.6 Å². The molecule has 4 amide bonds. The van der Waals surface area contributed by atoms with Crippen molar-refractivity contribution in [2.45, 2.75) is 55.9 Å². The van der Waals surface area contributed by atoms with Crippen molar-refractivity contribution in [1.82, 2.24) is 30.2 Å². The molecule has 1 aromatic heterocycles. The van der Waals surface area contributed by atoms with Crippen molar-refractivity contribution in [3.05, 3.63) is 113 Å². The number of nitriles is 1. The zero-order chi connectivity index (χ0) is 41.8. The Bertz CT molecular complexity index is 2590. The molecule has 14 nitrogen and oxygen atoms in total. The summed E-state index contributed by atoms with van der Waals surface area (Å²) in [4.78, 5) is 80.7. The Morgan fingerprint density at radius 1 is 0.932 bits per heavy atom. The number of benzene rings is 4. The van der Waals surface area contributed by atoms with Gasteiger partial charge in [-0.05, 0) is 72.9 Å². The fourth-order valence-corrected chi connectivity index (χ4v) is 9.17. The summed E-state index contributed by atoms with van der Waals surface area (Å²) < 4.78 is 40.9. The summed E-state index contributed by atoms with van der Waals surface area (Å²) in [7, 11) is -5.87. The van der Waals surface area contributed by atoms with E-state index in [2.05, 4.69) is 21.6 Å². The lowest BCUT2D eigenvalue weighted by molar-refractivity contribution is -0.147. The molecule has 304 valence electrons. The van der Waals surface area contributed by atoms with E-state index in [9.17, 15) is 47.6 Å². The van der Waals surface area contributed by atoms with Gasteiger partial charge in [0.1, 0.15) is 12.1 Å². The van der Waals surface area contributed by atoms with Crippen molar-refractivity contribution >= 4 is 52.9 Å². The number of alkyl halides is 2. The van der Waals surface area contributed by atoms with Crippen LogP contribution >= 0.6 is 7.60 Å². The lowest BCUT2D eigenvalue weighted by atomic mass is 9.90. The van der Waals surface area contributed by atoms with Crippen molar-refractivity contribution in [1.29, 1.82) is 5.26 Å². The Morgan fingerprint density at radius 2 is 1.69 bits per heavy atom. The second kappa shape index (κ2) is 15.3. The molecule has 4 aromatic carbocycles. The number of halogens is 2. The molecule has 17 heteroatoms. The van der Waals surface area contributed by atoms with E-state index >= 15 is 0 Å². The van der Waals surface area contributed by atoms with Gasteiger partial charge in [-0.25, -0.2) is 0 Å². The molecule has 4 heterocycles. The fraction of sp³-hybridized carbons (Fsp3) is 0.333. The van der Waals surface area contributed by atoms with Crippen LogP contribution in [0.1, 0.15) is 62.7 Å². The molecular formula is C42H40F2N7O7P. The Hall–Kier alpha value is -6.01. The highest BCUT2D eigenvalue weighted by Crippen LogP contribution is 2.59. The lowest BCUT2D eigenvalue weighted by Crippen LogP contribution is -2.61. The number of aryl methyl sites for hydroxylation is 1. The maximum Gasteiger partial charge on any atom is 0.399 e. The molecule has 5 atom stereocenters.